The fourth-order valence-electron chi connectivity index (χ4n) is 3.82. The van der Waals surface area contributed by atoms with Crippen LogP contribution in [0.2, 0.25) is 0 Å². The van der Waals surface area contributed by atoms with Crippen LogP contribution in [0.15, 0.2) is 47.8 Å². The highest BCUT2D eigenvalue weighted by Crippen LogP contribution is 2.30. The number of carbonyl (C=O) groups excluding carboxylic acids is 3. The molecule has 1 aromatic carbocycles. The predicted octanol–water partition coefficient (Wildman–Crippen LogP) is -0.765. The van der Waals surface area contributed by atoms with Crippen LogP contribution in [0.5, 0.6) is 0 Å². The third-order valence-electron chi connectivity index (χ3n) is 5.53. The molecular weight excluding hydrogens is 434 g/mol. The maximum atomic E-state index is 12.9. The number of nitrogens with one attached hydrogen (secondary N) is 2. The van der Waals surface area contributed by atoms with E-state index in [9.17, 15) is 29.7 Å². The number of benzene rings is 1. The van der Waals surface area contributed by atoms with Gasteiger partial charge >= 0.3 is 0 Å². The van der Waals surface area contributed by atoms with Crippen molar-refractivity contribution in [3.63, 3.8) is 0 Å². The summed E-state index contributed by atoms with van der Waals surface area (Å²) in [4.78, 5) is 37.9. The molecule has 0 saturated heterocycles. The van der Waals surface area contributed by atoms with E-state index in [-0.39, 0.29) is 19.3 Å². The lowest BCUT2D eigenvalue weighted by Gasteiger charge is -2.41. The van der Waals surface area contributed by atoms with Crippen LogP contribution in [0.3, 0.4) is 0 Å². The predicted molar refractivity (Wildman–Crippen MR) is 117 cm³/mol. The van der Waals surface area contributed by atoms with E-state index in [1.807, 2.05) is 11.4 Å². The summed E-state index contributed by atoms with van der Waals surface area (Å²) in [5.74, 6) is -2.09. The van der Waals surface area contributed by atoms with Crippen LogP contribution in [-0.2, 0) is 27.2 Å². The summed E-state index contributed by atoms with van der Waals surface area (Å²) in [6.07, 6.45) is -3.38. The molecular formula is C22H27N3O6S. The van der Waals surface area contributed by atoms with E-state index in [0.717, 1.165) is 10.4 Å². The number of amides is 3. The Balaban J connectivity index is 1.68. The SMILES string of the molecule is NC(=O)C(Cc1ccccc1)NC(=O)C1(O)CC(O)C(O)C(NC(=O)Cc2cccs2)C1. The molecule has 3 amide bonds. The Kier molecular flexibility index (Phi) is 7.62. The van der Waals surface area contributed by atoms with Gasteiger partial charge in [0.25, 0.3) is 5.91 Å². The highest BCUT2D eigenvalue weighted by Gasteiger charge is 2.49. The Morgan fingerprint density at radius 3 is 2.47 bits per heavy atom. The van der Waals surface area contributed by atoms with Gasteiger partial charge < -0.3 is 31.7 Å². The number of hydrogen-bond acceptors (Lipinski definition) is 7. The van der Waals surface area contributed by atoms with Crippen molar-refractivity contribution >= 4 is 29.1 Å². The largest absolute Gasteiger partial charge is 0.390 e. The Morgan fingerprint density at radius 2 is 1.84 bits per heavy atom. The standard InChI is InChI=1S/C22H27N3O6S/c23-20(29)15(9-13-5-2-1-3-6-13)25-21(30)22(31)11-16(19(28)17(26)12-22)24-18(27)10-14-7-4-8-32-14/h1-8,15-17,19,26,28,31H,9-12H2,(H2,23,29)(H,24,27)(H,25,30). The molecule has 2 aromatic rings. The molecule has 5 unspecified atom stereocenters. The topological polar surface area (TPSA) is 162 Å². The number of hydrogen-bond donors (Lipinski definition) is 6. The third-order valence-corrected chi connectivity index (χ3v) is 6.40. The Bertz CT molecular complexity index is 938. The van der Waals surface area contributed by atoms with E-state index >= 15 is 0 Å². The normalized spacial score (nSPS) is 26.2. The summed E-state index contributed by atoms with van der Waals surface area (Å²) in [7, 11) is 0. The molecule has 1 aliphatic carbocycles. The van der Waals surface area contributed by atoms with E-state index < -0.39 is 54.0 Å². The average Bonchev–Trinajstić information content (AvgIpc) is 3.24. The van der Waals surface area contributed by atoms with Gasteiger partial charge in [-0.1, -0.05) is 36.4 Å². The highest BCUT2D eigenvalue weighted by atomic mass is 32.1. The molecule has 0 radical (unpaired) electrons. The molecule has 7 N–H and O–H groups in total. The van der Waals surface area contributed by atoms with Crippen LogP contribution >= 0.6 is 11.3 Å². The number of rotatable bonds is 8. The molecule has 0 aliphatic heterocycles. The Hall–Kier alpha value is -2.79. The maximum Gasteiger partial charge on any atom is 0.252 e. The minimum atomic E-state index is -2.11. The van der Waals surface area contributed by atoms with Gasteiger partial charge in [-0.05, 0) is 17.0 Å². The number of thiophene rings is 1. The van der Waals surface area contributed by atoms with Crippen LogP contribution in [0.1, 0.15) is 23.3 Å². The Morgan fingerprint density at radius 1 is 1.12 bits per heavy atom. The van der Waals surface area contributed by atoms with E-state index in [1.54, 1.807) is 36.4 Å². The molecule has 0 spiro atoms. The molecule has 1 aliphatic rings. The van der Waals surface area contributed by atoms with Crippen molar-refractivity contribution in [1.82, 2.24) is 10.6 Å². The van der Waals surface area contributed by atoms with Gasteiger partial charge in [0.05, 0.1) is 18.6 Å². The van der Waals surface area contributed by atoms with Gasteiger partial charge in [-0.15, -0.1) is 11.3 Å². The monoisotopic (exact) mass is 461 g/mol. The maximum absolute atomic E-state index is 12.9. The first-order chi connectivity index (χ1) is 15.2. The van der Waals surface area contributed by atoms with Crippen LogP contribution in [-0.4, -0.2) is 62.9 Å². The second-order valence-electron chi connectivity index (χ2n) is 8.05. The third kappa shape index (κ3) is 5.92. The van der Waals surface area contributed by atoms with Gasteiger partial charge in [-0.3, -0.25) is 14.4 Å². The van der Waals surface area contributed by atoms with Crippen molar-refractivity contribution in [2.45, 2.75) is 55.6 Å². The minimum absolute atomic E-state index is 0.0719. The van der Waals surface area contributed by atoms with Crippen molar-refractivity contribution < 1.29 is 29.7 Å². The van der Waals surface area contributed by atoms with Crippen LogP contribution < -0.4 is 16.4 Å². The van der Waals surface area contributed by atoms with Crippen LogP contribution in [0, 0.1) is 0 Å². The van der Waals surface area contributed by atoms with Gasteiger partial charge in [-0.25, -0.2) is 0 Å². The van der Waals surface area contributed by atoms with Gasteiger partial charge in [-0.2, -0.15) is 0 Å². The van der Waals surface area contributed by atoms with Crippen molar-refractivity contribution in [2.75, 3.05) is 0 Å². The molecule has 1 saturated carbocycles. The Labute approximate surface area is 189 Å². The van der Waals surface area contributed by atoms with Gasteiger partial charge in [0.15, 0.2) is 0 Å². The summed E-state index contributed by atoms with van der Waals surface area (Å²) >= 11 is 1.40. The van der Waals surface area contributed by atoms with E-state index in [1.165, 1.54) is 11.3 Å². The molecule has 32 heavy (non-hydrogen) atoms. The van der Waals surface area contributed by atoms with Gasteiger partial charge in [0, 0.05) is 24.1 Å². The number of primary amides is 1. The molecule has 5 atom stereocenters. The van der Waals surface area contributed by atoms with Crippen molar-refractivity contribution in [3.8, 4) is 0 Å². The first-order valence-corrected chi connectivity index (χ1v) is 11.1. The molecule has 1 heterocycles. The number of aliphatic hydroxyl groups excluding tert-OH is 2. The lowest BCUT2D eigenvalue weighted by Crippen LogP contribution is -2.64. The molecule has 0 bridgehead atoms. The molecule has 1 fully saturated rings. The first-order valence-electron chi connectivity index (χ1n) is 10.2. The van der Waals surface area contributed by atoms with Crippen molar-refractivity contribution in [1.29, 1.82) is 0 Å². The molecule has 1 aromatic heterocycles. The summed E-state index contributed by atoms with van der Waals surface area (Å²) < 4.78 is 0. The highest BCUT2D eigenvalue weighted by molar-refractivity contribution is 7.10. The number of nitrogens with two attached hydrogens (primary N) is 1. The molecule has 3 rings (SSSR count). The second kappa shape index (κ2) is 10.2. The molecule has 172 valence electrons. The molecule has 9 nitrogen and oxygen atoms in total. The first kappa shape index (κ1) is 23.9. The van der Waals surface area contributed by atoms with E-state index in [2.05, 4.69) is 10.6 Å². The van der Waals surface area contributed by atoms with Crippen molar-refractivity contribution in [2.24, 2.45) is 5.73 Å². The quantitative estimate of drug-likeness (QED) is 0.303. The number of aliphatic hydroxyl groups is 3. The zero-order valence-corrected chi connectivity index (χ0v) is 18.1. The lowest BCUT2D eigenvalue weighted by atomic mass is 9.77. The second-order valence-corrected chi connectivity index (χ2v) is 9.08. The lowest BCUT2D eigenvalue weighted by molar-refractivity contribution is -0.160. The fraction of sp³-hybridized carbons (Fsp3) is 0.409. The van der Waals surface area contributed by atoms with Crippen LogP contribution in [0.4, 0.5) is 0 Å². The van der Waals surface area contributed by atoms with Gasteiger partial charge in [0.1, 0.15) is 17.7 Å². The van der Waals surface area contributed by atoms with Gasteiger partial charge in [0.2, 0.25) is 11.8 Å². The van der Waals surface area contributed by atoms with Crippen LogP contribution in [0.25, 0.3) is 0 Å². The summed E-state index contributed by atoms with van der Waals surface area (Å²) in [5, 5.41) is 38.4. The summed E-state index contributed by atoms with van der Waals surface area (Å²) in [5.41, 5.74) is 4.09. The zero-order valence-electron chi connectivity index (χ0n) is 17.3. The van der Waals surface area contributed by atoms with E-state index in [4.69, 9.17) is 5.73 Å². The van der Waals surface area contributed by atoms with E-state index in [0.29, 0.717) is 0 Å². The fourth-order valence-corrected chi connectivity index (χ4v) is 4.52. The average molecular weight is 462 g/mol. The summed E-state index contributed by atoms with van der Waals surface area (Å²) in [6, 6.07) is 10.4. The summed E-state index contributed by atoms with van der Waals surface area (Å²) in [6.45, 7) is 0. The number of carbonyl (C=O) groups is 3. The zero-order chi connectivity index (χ0) is 23.3. The minimum Gasteiger partial charge on any atom is -0.390 e. The smallest absolute Gasteiger partial charge is 0.252 e. The molecule has 10 heteroatoms. The van der Waals surface area contributed by atoms with Crippen molar-refractivity contribution in [3.05, 3.63) is 58.3 Å².